The molecule has 0 amide bonds. The number of halogens is 2. The Morgan fingerprint density at radius 2 is 2.19 bits per heavy atom. The van der Waals surface area contributed by atoms with Gasteiger partial charge in [-0.1, -0.05) is 0 Å². The molecule has 0 spiro atoms. The highest BCUT2D eigenvalue weighted by Crippen LogP contribution is 2.41. The average molecular weight is 378 g/mol. The number of carbonyl (C=O) groups is 1. The van der Waals surface area contributed by atoms with Crippen molar-refractivity contribution in [2.75, 3.05) is 19.8 Å². The minimum atomic E-state index is -0.275. The maximum atomic E-state index is 11.4. The number of esters is 1. The van der Waals surface area contributed by atoms with Crippen molar-refractivity contribution in [3.05, 3.63) is 22.2 Å². The summed E-state index contributed by atoms with van der Waals surface area (Å²) in [6.45, 7) is 3.44. The Morgan fingerprint density at radius 3 is 2.95 bits per heavy atom. The fourth-order valence-corrected chi connectivity index (χ4v) is 2.89. The molecule has 0 aliphatic carbocycles. The van der Waals surface area contributed by atoms with Gasteiger partial charge in [0, 0.05) is 12.8 Å². The molecule has 6 heteroatoms. The lowest BCUT2D eigenvalue weighted by Gasteiger charge is -2.15. The van der Waals surface area contributed by atoms with E-state index in [1.165, 1.54) is 0 Å². The van der Waals surface area contributed by atoms with Crippen LogP contribution in [0.3, 0.4) is 0 Å². The number of rotatable bonds is 5. The maximum absolute atomic E-state index is 11.4. The van der Waals surface area contributed by atoms with Gasteiger partial charge in [0.2, 0.25) is 0 Å². The molecule has 0 fully saturated rings. The smallest absolute Gasteiger partial charge is 0.305 e. The van der Waals surface area contributed by atoms with Crippen LogP contribution in [0.2, 0.25) is 0 Å². The highest BCUT2D eigenvalue weighted by Gasteiger charge is 2.19. The Balaban J connectivity index is 2.07. The fourth-order valence-electron chi connectivity index (χ4n) is 2.08. The van der Waals surface area contributed by atoms with Crippen LogP contribution in [0.15, 0.2) is 16.6 Å². The fraction of sp³-hybridized carbons (Fsp3) is 0.533. The van der Waals surface area contributed by atoms with E-state index in [4.69, 9.17) is 25.8 Å². The summed E-state index contributed by atoms with van der Waals surface area (Å²) in [7, 11) is 0. The molecule has 116 valence electrons. The third-order valence-corrected chi connectivity index (χ3v) is 4.15. The quantitative estimate of drug-likeness (QED) is 0.569. The first-order chi connectivity index (χ1) is 10.1. The zero-order valence-electron chi connectivity index (χ0n) is 11.9. The van der Waals surface area contributed by atoms with Crippen molar-refractivity contribution >= 4 is 33.5 Å². The molecule has 1 aliphatic rings. The molecule has 0 bridgehead atoms. The molecule has 1 aliphatic heterocycles. The molecule has 0 N–H and O–H groups in total. The summed E-state index contributed by atoms with van der Waals surface area (Å²) >= 11 is 9.87. The highest BCUT2D eigenvalue weighted by molar-refractivity contribution is 9.10. The molecule has 1 aromatic carbocycles. The van der Waals surface area contributed by atoms with Crippen molar-refractivity contribution in [3.63, 3.8) is 0 Å². The molecule has 1 unspecified atom stereocenters. The molecule has 1 atom stereocenters. The van der Waals surface area contributed by atoms with Crippen molar-refractivity contribution in [1.82, 2.24) is 0 Å². The van der Waals surface area contributed by atoms with Gasteiger partial charge >= 0.3 is 5.97 Å². The number of fused-ring (bicyclic) bond motifs is 1. The third-order valence-electron chi connectivity index (χ3n) is 3.09. The van der Waals surface area contributed by atoms with E-state index >= 15 is 0 Å². The van der Waals surface area contributed by atoms with Crippen molar-refractivity contribution in [1.29, 1.82) is 0 Å². The van der Waals surface area contributed by atoms with E-state index in [1.807, 2.05) is 12.1 Å². The lowest BCUT2D eigenvalue weighted by Crippen LogP contribution is -2.05. The van der Waals surface area contributed by atoms with Gasteiger partial charge in [-0.05, 0) is 47.0 Å². The molecule has 2 rings (SSSR count). The number of hydrogen-bond donors (Lipinski definition) is 0. The monoisotopic (exact) mass is 376 g/mol. The van der Waals surface area contributed by atoms with Crippen LogP contribution >= 0.6 is 27.5 Å². The molecular formula is C15H18BrClO4. The molecule has 0 aromatic heterocycles. The molecule has 4 nitrogen and oxygen atoms in total. The van der Waals surface area contributed by atoms with Crippen LogP contribution in [0.25, 0.3) is 0 Å². The first-order valence-electron chi connectivity index (χ1n) is 7.00. The third kappa shape index (κ3) is 4.51. The summed E-state index contributed by atoms with van der Waals surface area (Å²) in [6, 6.07) is 3.80. The van der Waals surface area contributed by atoms with Crippen LogP contribution in [0.5, 0.6) is 11.5 Å². The Bertz CT molecular complexity index is 507. The van der Waals surface area contributed by atoms with E-state index in [0.29, 0.717) is 44.2 Å². The summed E-state index contributed by atoms with van der Waals surface area (Å²) in [5, 5.41) is -0.275. The lowest BCUT2D eigenvalue weighted by atomic mass is 10.1. The zero-order valence-corrected chi connectivity index (χ0v) is 14.2. The van der Waals surface area contributed by atoms with Crippen molar-refractivity contribution < 1.29 is 19.0 Å². The predicted molar refractivity (Wildman–Crippen MR) is 84.2 cm³/mol. The van der Waals surface area contributed by atoms with Gasteiger partial charge in [0.15, 0.2) is 11.5 Å². The van der Waals surface area contributed by atoms with Crippen LogP contribution in [0.4, 0.5) is 0 Å². The molecule has 1 aromatic rings. The number of alkyl halides is 1. The molecule has 1 heterocycles. The Hall–Kier alpha value is -0.940. The number of hydrogen-bond acceptors (Lipinski definition) is 4. The van der Waals surface area contributed by atoms with Gasteiger partial charge in [-0.15, -0.1) is 11.6 Å². The summed E-state index contributed by atoms with van der Waals surface area (Å²) < 4.78 is 17.1. The summed E-state index contributed by atoms with van der Waals surface area (Å²) in [6.07, 6.45) is 1.67. The van der Waals surface area contributed by atoms with Crippen molar-refractivity contribution in [3.8, 4) is 11.5 Å². The van der Waals surface area contributed by atoms with E-state index in [0.717, 1.165) is 16.5 Å². The van der Waals surface area contributed by atoms with Gasteiger partial charge < -0.3 is 14.2 Å². The summed E-state index contributed by atoms with van der Waals surface area (Å²) in [4.78, 5) is 11.4. The number of carbonyl (C=O) groups excluding carboxylic acids is 1. The van der Waals surface area contributed by atoms with E-state index < -0.39 is 0 Å². The molecule has 0 radical (unpaired) electrons. The first-order valence-corrected chi connectivity index (χ1v) is 8.23. The van der Waals surface area contributed by atoms with Gasteiger partial charge in [0.05, 0.1) is 29.7 Å². The molecule has 0 saturated heterocycles. The topological polar surface area (TPSA) is 44.8 Å². The lowest BCUT2D eigenvalue weighted by molar-refractivity contribution is -0.143. The van der Waals surface area contributed by atoms with Crippen LogP contribution in [0, 0.1) is 0 Å². The van der Waals surface area contributed by atoms with Crippen molar-refractivity contribution in [2.24, 2.45) is 0 Å². The largest absolute Gasteiger partial charge is 0.490 e. The Labute approximate surface area is 137 Å². The van der Waals surface area contributed by atoms with Gasteiger partial charge in [-0.2, -0.15) is 0 Å². The maximum Gasteiger partial charge on any atom is 0.305 e. The minimum absolute atomic E-state index is 0.225. The standard InChI is InChI=1S/C15H18BrClO4/c1-2-19-14(18)5-4-12(17)10-8-11(16)15-13(9-10)20-6-3-7-21-15/h8-9,12H,2-7H2,1H3. The second-order valence-electron chi connectivity index (χ2n) is 4.69. The van der Waals surface area contributed by atoms with E-state index in [2.05, 4.69) is 15.9 Å². The van der Waals surface area contributed by atoms with Crippen LogP contribution in [-0.4, -0.2) is 25.8 Å². The highest BCUT2D eigenvalue weighted by atomic mass is 79.9. The molecular weight excluding hydrogens is 360 g/mol. The van der Waals surface area contributed by atoms with E-state index in [1.54, 1.807) is 6.92 Å². The zero-order chi connectivity index (χ0) is 15.2. The average Bonchev–Trinajstić information content (AvgIpc) is 2.70. The van der Waals surface area contributed by atoms with Crippen LogP contribution in [-0.2, 0) is 9.53 Å². The SMILES string of the molecule is CCOC(=O)CCC(Cl)c1cc(Br)c2c(c1)OCCCO2. The molecule has 21 heavy (non-hydrogen) atoms. The van der Waals surface area contributed by atoms with Crippen molar-refractivity contribution in [2.45, 2.75) is 31.6 Å². The Kier molecular flexibility index (Phi) is 6.18. The van der Waals surface area contributed by atoms with Crippen LogP contribution < -0.4 is 9.47 Å². The van der Waals surface area contributed by atoms with E-state index in [-0.39, 0.29) is 11.3 Å². The number of ether oxygens (including phenoxy) is 3. The minimum Gasteiger partial charge on any atom is -0.490 e. The first kappa shape index (κ1) is 16.4. The predicted octanol–water partition coefficient (Wildman–Crippen LogP) is 4.23. The van der Waals surface area contributed by atoms with Gasteiger partial charge in [0.1, 0.15) is 0 Å². The normalized spacial score (nSPS) is 15.2. The van der Waals surface area contributed by atoms with Crippen LogP contribution in [0.1, 0.15) is 37.1 Å². The van der Waals surface area contributed by atoms with Gasteiger partial charge in [-0.25, -0.2) is 0 Å². The van der Waals surface area contributed by atoms with Gasteiger partial charge in [0.25, 0.3) is 0 Å². The van der Waals surface area contributed by atoms with Gasteiger partial charge in [-0.3, -0.25) is 4.79 Å². The summed E-state index contributed by atoms with van der Waals surface area (Å²) in [5.41, 5.74) is 0.900. The number of benzene rings is 1. The summed E-state index contributed by atoms with van der Waals surface area (Å²) in [5.74, 6) is 1.18. The second-order valence-corrected chi connectivity index (χ2v) is 6.07. The molecule has 0 saturated carbocycles. The second kappa shape index (κ2) is 7.90. The van der Waals surface area contributed by atoms with E-state index in [9.17, 15) is 4.79 Å². The Morgan fingerprint density at radius 1 is 1.43 bits per heavy atom.